The van der Waals surface area contributed by atoms with Crippen molar-refractivity contribution in [3.05, 3.63) is 34.4 Å². The lowest BCUT2D eigenvalue weighted by molar-refractivity contribution is 0.0952. The van der Waals surface area contributed by atoms with Crippen molar-refractivity contribution in [2.24, 2.45) is 0 Å². The van der Waals surface area contributed by atoms with Gasteiger partial charge in [-0.3, -0.25) is 4.79 Å². The van der Waals surface area contributed by atoms with Crippen molar-refractivity contribution in [3.63, 3.8) is 0 Å². The van der Waals surface area contributed by atoms with E-state index in [0.29, 0.717) is 6.54 Å². The molecule has 0 aliphatic rings. The zero-order valence-corrected chi connectivity index (χ0v) is 12.4. The van der Waals surface area contributed by atoms with E-state index in [1.807, 2.05) is 39.8 Å². The summed E-state index contributed by atoms with van der Waals surface area (Å²) in [4.78, 5) is 12.1. The average molecular weight is 268 g/mol. The molecule has 1 amide bonds. The molecule has 0 fully saturated rings. The fourth-order valence-electron chi connectivity index (χ4n) is 2.17. The molecule has 0 heterocycles. The Labute approximate surface area is 115 Å². The maximum atomic E-state index is 12.1. The van der Waals surface area contributed by atoms with Crippen LogP contribution in [0, 0.1) is 20.8 Å². The van der Waals surface area contributed by atoms with Crippen LogP contribution in [0.4, 0.5) is 0 Å². The highest BCUT2D eigenvalue weighted by Gasteiger charge is 2.12. The number of rotatable bonds is 5. The van der Waals surface area contributed by atoms with Crippen molar-refractivity contribution in [1.29, 1.82) is 0 Å². The summed E-state index contributed by atoms with van der Waals surface area (Å²) >= 11 is 6.03. The lowest BCUT2D eigenvalue weighted by Gasteiger charge is -2.12. The second-order valence-electron chi connectivity index (χ2n) is 4.82. The predicted molar refractivity (Wildman–Crippen MR) is 77.5 cm³/mol. The highest BCUT2D eigenvalue weighted by atomic mass is 35.5. The minimum absolute atomic E-state index is 0.00460. The maximum Gasteiger partial charge on any atom is 0.251 e. The first-order chi connectivity index (χ1) is 8.45. The van der Waals surface area contributed by atoms with Gasteiger partial charge in [-0.05, 0) is 44.7 Å². The topological polar surface area (TPSA) is 29.1 Å². The first kappa shape index (κ1) is 15.0. The number of halogens is 1. The molecule has 1 unspecified atom stereocenters. The highest BCUT2D eigenvalue weighted by Crippen LogP contribution is 2.16. The summed E-state index contributed by atoms with van der Waals surface area (Å²) < 4.78 is 0. The fraction of sp³-hybridized carbons (Fsp3) is 0.533. The smallest absolute Gasteiger partial charge is 0.251 e. The fourth-order valence-corrected chi connectivity index (χ4v) is 2.28. The third-order valence-electron chi connectivity index (χ3n) is 3.09. The number of hydrogen-bond donors (Lipinski definition) is 1. The normalized spacial score (nSPS) is 12.3. The summed E-state index contributed by atoms with van der Waals surface area (Å²) in [5, 5.41) is 3.09. The zero-order chi connectivity index (χ0) is 13.7. The average Bonchev–Trinajstić information content (AvgIpc) is 2.27. The lowest BCUT2D eigenvalue weighted by Crippen LogP contribution is -2.27. The predicted octanol–water partition coefficient (Wildman–Crippen LogP) is 3.75. The Morgan fingerprint density at radius 3 is 2.33 bits per heavy atom. The molecule has 1 rings (SSSR count). The Morgan fingerprint density at radius 1 is 1.28 bits per heavy atom. The van der Waals surface area contributed by atoms with Gasteiger partial charge in [0.1, 0.15) is 0 Å². The molecule has 0 aliphatic carbocycles. The van der Waals surface area contributed by atoms with E-state index in [1.165, 1.54) is 5.56 Å². The SMILES string of the molecule is CCC(Cl)CCNC(=O)c1c(C)cc(C)cc1C. The molecule has 1 atom stereocenters. The van der Waals surface area contributed by atoms with E-state index in [-0.39, 0.29) is 11.3 Å². The molecule has 0 bridgehead atoms. The van der Waals surface area contributed by atoms with Crippen molar-refractivity contribution < 1.29 is 4.79 Å². The van der Waals surface area contributed by atoms with Gasteiger partial charge in [-0.2, -0.15) is 0 Å². The minimum atomic E-state index is 0.00460. The summed E-state index contributed by atoms with van der Waals surface area (Å²) in [5.41, 5.74) is 4.04. The number of hydrogen-bond acceptors (Lipinski definition) is 1. The molecule has 0 aromatic heterocycles. The van der Waals surface area contributed by atoms with Crippen LogP contribution in [0.2, 0.25) is 0 Å². The molecule has 100 valence electrons. The summed E-state index contributed by atoms with van der Waals surface area (Å²) in [6.45, 7) is 8.68. The number of amides is 1. The van der Waals surface area contributed by atoms with Crippen molar-refractivity contribution in [3.8, 4) is 0 Å². The Kier molecular flexibility index (Phi) is 5.67. The summed E-state index contributed by atoms with van der Waals surface area (Å²) in [7, 11) is 0. The van der Waals surface area contributed by atoms with E-state index in [0.717, 1.165) is 29.5 Å². The molecule has 3 heteroatoms. The highest BCUT2D eigenvalue weighted by molar-refractivity contribution is 6.20. The number of carbonyl (C=O) groups excluding carboxylic acids is 1. The van der Waals surface area contributed by atoms with Gasteiger partial charge in [-0.25, -0.2) is 0 Å². The van der Waals surface area contributed by atoms with Crippen LogP contribution in [-0.2, 0) is 0 Å². The molecule has 18 heavy (non-hydrogen) atoms. The zero-order valence-electron chi connectivity index (χ0n) is 11.6. The second-order valence-corrected chi connectivity index (χ2v) is 5.44. The van der Waals surface area contributed by atoms with E-state index in [2.05, 4.69) is 5.32 Å². The number of carbonyl (C=O) groups is 1. The monoisotopic (exact) mass is 267 g/mol. The van der Waals surface area contributed by atoms with Crippen LogP contribution in [0.25, 0.3) is 0 Å². The van der Waals surface area contributed by atoms with E-state index in [9.17, 15) is 4.79 Å². The molecule has 0 spiro atoms. The lowest BCUT2D eigenvalue weighted by atomic mass is 9.99. The molecule has 0 radical (unpaired) electrons. The third kappa shape index (κ3) is 4.02. The minimum Gasteiger partial charge on any atom is -0.352 e. The Morgan fingerprint density at radius 2 is 1.83 bits per heavy atom. The van der Waals surface area contributed by atoms with Crippen LogP contribution in [0.5, 0.6) is 0 Å². The molecule has 0 saturated carbocycles. The van der Waals surface area contributed by atoms with Gasteiger partial charge < -0.3 is 5.32 Å². The van der Waals surface area contributed by atoms with Gasteiger partial charge in [-0.15, -0.1) is 11.6 Å². The molecule has 2 nitrogen and oxygen atoms in total. The van der Waals surface area contributed by atoms with E-state index < -0.39 is 0 Å². The molecule has 0 saturated heterocycles. The first-order valence-corrected chi connectivity index (χ1v) is 6.89. The van der Waals surface area contributed by atoms with E-state index >= 15 is 0 Å². The quantitative estimate of drug-likeness (QED) is 0.809. The second kappa shape index (κ2) is 6.79. The van der Waals surface area contributed by atoms with Gasteiger partial charge >= 0.3 is 0 Å². The van der Waals surface area contributed by atoms with Crippen LogP contribution in [0.3, 0.4) is 0 Å². The van der Waals surface area contributed by atoms with Gasteiger partial charge in [0.05, 0.1) is 0 Å². The van der Waals surface area contributed by atoms with Crippen molar-refractivity contribution in [1.82, 2.24) is 5.32 Å². The summed E-state index contributed by atoms with van der Waals surface area (Å²) in [6.07, 6.45) is 1.74. The Hall–Kier alpha value is -1.02. The van der Waals surface area contributed by atoms with Crippen LogP contribution < -0.4 is 5.32 Å². The van der Waals surface area contributed by atoms with Gasteiger partial charge in [0, 0.05) is 17.5 Å². The van der Waals surface area contributed by atoms with Crippen molar-refractivity contribution >= 4 is 17.5 Å². The van der Waals surface area contributed by atoms with Crippen LogP contribution >= 0.6 is 11.6 Å². The molecular weight excluding hydrogens is 246 g/mol. The van der Waals surface area contributed by atoms with E-state index in [4.69, 9.17) is 11.6 Å². The number of nitrogens with one attached hydrogen (secondary N) is 1. The molecule has 1 aromatic rings. The molecular formula is C15H22ClNO. The molecule has 1 aromatic carbocycles. The van der Waals surface area contributed by atoms with Crippen molar-refractivity contribution in [2.45, 2.75) is 45.9 Å². The first-order valence-electron chi connectivity index (χ1n) is 6.45. The maximum absolute atomic E-state index is 12.1. The van der Waals surface area contributed by atoms with Gasteiger partial charge in [-0.1, -0.05) is 24.6 Å². The largest absolute Gasteiger partial charge is 0.352 e. The summed E-state index contributed by atoms with van der Waals surface area (Å²) in [5.74, 6) is 0.00460. The number of benzene rings is 1. The van der Waals surface area contributed by atoms with Gasteiger partial charge in [0.15, 0.2) is 0 Å². The van der Waals surface area contributed by atoms with Crippen molar-refractivity contribution in [2.75, 3.05) is 6.54 Å². The number of alkyl halides is 1. The molecule has 1 N–H and O–H groups in total. The number of aryl methyl sites for hydroxylation is 3. The van der Waals surface area contributed by atoms with Crippen LogP contribution in [-0.4, -0.2) is 17.8 Å². The Balaban J connectivity index is 2.67. The van der Waals surface area contributed by atoms with E-state index in [1.54, 1.807) is 0 Å². The summed E-state index contributed by atoms with van der Waals surface area (Å²) in [6, 6.07) is 4.08. The van der Waals surface area contributed by atoms with Gasteiger partial charge in [0.2, 0.25) is 0 Å². The Bertz CT molecular complexity index is 405. The van der Waals surface area contributed by atoms with Crippen LogP contribution in [0.15, 0.2) is 12.1 Å². The van der Waals surface area contributed by atoms with Gasteiger partial charge in [0.25, 0.3) is 5.91 Å². The van der Waals surface area contributed by atoms with Crippen LogP contribution in [0.1, 0.15) is 46.8 Å². The molecule has 0 aliphatic heterocycles. The standard InChI is InChI=1S/C15H22ClNO/c1-5-13(16)6-7-17-15(18)14-11(3)8-10(2)9-12(14)4/h8-9,13H,5-7H2,1-4H3,(H,17,18). The third-order valence-corrected chi connectivity index (χ3v) is 3.62.